The van der Waals surface area contributed by atoms with Gasteiger partial charge in [0.2, 0.25) is 0 Å². The van der Waals surface area contributed by atoms with Gasteiger partial charge < -0.3 is 20.7 Å². The lowest BCUT2D eigenvalue weighted by Gasteiger charge is -2.08. The second kappa shape index (κ2) is 11.8. The Hall–Kier alpha value is -3.72. The van der Waals surface area contributed by atoms with E-state index in [-0.39, 0.29) is 30.9 Å². The number of esters is 1. The first-order valence-corrected chi connectivity index (χ1v) is 11.3. The molecule has 3 amide bonds. The minimum absolute atomic E-state index is 0.107. The third-order valence-electron chi connectivity index (χ3n) is 4.76. The Morgan fingerprint density at radius 1 is 0.970 bits per heavy atom. The van der Waals surface area contributed by atoms with E-state index in [1.807, 2.05) is 5.38 Å². The molecule has 0 aliphatic rings. The largest absolute Gasteiger partial charge is 0.469 e. The highest BCUT2D eigenvalue weighted by Gasteiger charge is 2.09. The summed E-state index contributed by atoms with van der Waals surface area (Å²) >= 11 is 1.59. The van der Waals surface area contributed by atoms with Gasteiger partial charge in [-0.25, -0.2) is 9.78 Å². The van der Waals surface area contributed by atoms with Crippen LogP contribution in [-0.2, 0) is 16.0 Å². The maximum atomic E-state index is 12.2. The molecule has 0 aliphatic heterocycles. The van der Waals surface area contributed by atoms with E-state index in [9.17, 15) is 14.4 Å². The van der Waals surface area contributed by atoms with Gasteiger partial charge in [0.05, 0.1) is 19.2 Å². The van der Waals surface area contributed by atoms with E-state index in [0.29, 0.717) is 24.2 Å². The Kier molecular flexibility index (Phi) is 8.54. The second-order valence-electron chi connectivity index (χ2n) is 7.30. The van der Waals surface area contributed by atoms with Crippen LogP contribution in [0.2, 0.25) is 0 Å². The van der Waals surface area contributed by atoms with Crippen molar-refractivity contribution in [3.8, 4) is 10.6 Å². The van der Waals surface area contributed by atoms with Crippen molar-refractivity contribution in [2.24, 2.45) is 0 Å². The molecule has 33 heavy (non-hydrogen) atoms. The van der Waals surface area contributed by atoms with Gasteiger partial charge in [0.1, 0.15) is 5.01 Å². The van der Waals surface area contributed by atoms with Gasteiger partial charge in [-0.15, -0.1) is 11.3 Å². The number of urea groups is 1. The monoisotopic (exact) mass is 466 g/mol. The van der Waals surface area contributed by atoms with Crippen molar-refractivity contribution in [2.45, 2.75) is 19.8 Å². The van der Waals surface area contributed by atoms with E-state index in [1.54, 1.807) is 35.6 Å². The van der Waals surface area contributed by atoms with Crippen LogP contribution in [0.15, 0.2) is 53.9 Å². The first-order valence-electron chi connectivity index (χ1n) is 10.5. The molecule has 0 aliphatic carbocycles. The van der Waals surface area contributed by atoms with Crippen LogP contribution in [0.3, 0.4) is 0 Å². The van der Waals surface area contributed by atoms with Crippen molar-refractivity contribution in [3.63, 3.8) is 0 Å². The van der Waals surface area contributed by atoms with E-state index < -0.39 is 0 Å². The second-order valence-corrected chi connectivity index (χ2v) is 8.16. The van der Waals surface area contributed by atoms with E-state index in [4.69, 9.17) is 0 Å². The Morgan fingerprint density at radius 2 is 1.70 bits per heavy atom. The predicted octanol–water partition coefficient (Wildman–Crippen LogP) is 3.78. The average molecular weight is 467 g/mol. The van der Waals surface area contributed by atoms with Crippen LogP contribution in [-0.4, -0.2) is 43.1 Å². The van der Waals surface area contributed by atoms with Gasteiger partial charge in [-0.05, 0) is 31.2 Å². The van der Waals surface area contributed by atoms with Crippen molar-refractivity contribution in [2.75, 3.05) is 25.5 Å². The number of nitrogens with zero attached hydrogens (tertiary/aromatic N) is 1. The summed E-state index contributed by atoms with van der Waals surface area (Å²) in [6, 6.07) is 14.4. The smallest absolute Gasteiger partial charge is 0.319 e. The highest BCUT2D eigenvalue weighted by Crippen LogP contribution is 2.24. The third-order valence-corrected chi connectivity index (χ3v) is 5.70. The number of carbonyl (C=O) groups excluding carboxylic acids is 3. The third kappa shape index (κ3) is 7.43. The summed E-state index contributed by atoms with van der Waals surface area (Å²) in [5.74, 6) is -0.689. The quantitative estimate of drug-likeness (QED) is 0.416. The lowest BCUT2D eigenvalue weighted by molar-refractivity contribution is -0.140. The number of carbonyl (C=O) groups is 3. The number of aryl methyl sites for hydroxylation is 1. The zero-order valence-electron chi connectivity index (χ0n) is 18.5. The average Bonchev–Trinajstić information content (AvgIpc) is 3.28. The summed E-state index contributed by atoms with van der Waals surface area (Å²) in [4.78, 5) is 39.9. The summed E-state index contributed by atoms with van der Waals surface area (Å²) in [5.41, 5.74) is 4.22. The van der Waals surface area contributed by atoms with Crippen molar-refractivity contribution in [3.05, 3.63) is 70.7 Å². The first kappa shape index (κ1) is 23.9. The van der Waals surface area contributed by atoms with Gasteiger partial charge in [-0.1, -0.05) is 29.8 Å². The molecule has 1 aromatic heterocycles. The molecule has 1 heterocycles. The number of amides is 3. The van der Waals surface area contributed by atoms with Gasteiger partial charge in [-0.3, -0.25) is 9.59 Å². The number of hydrogen-bond acceptors (Lipinski definition) is 6. The van der Waals surface area contributed by atoms with Crippen LogP contribution in [0.4, 0.5) is 10.5 Å². The molecule has 3 N–H and O–H groups in total. The molecule has 0 bridgehead atoms. The van der Waals surface area contributed by atoms with Crippen molar-refractivity contribution in [1.82, 2.24) is 15.6 Å². The number of anilines is 1. The molecule has 0 radical (unpaired) electrons. The fourth-order valence-corrected chi connectivity index (χ4v) is 3.78. The van der Waals surface area contributed by atoms with Gasteiger partial charge in [0.25, 0.3) is 5.91 Å². The lowest BCUT2D eigenvalue weighted by atomic mass is 10.2. The van der Waals surface area contributed by atoms with Gasteiger partial charge in [0, 0.05) is 41.7 Å². The summed E-state index contributed by atoms with van der Waals surface area (Å²) in [5, 5.41) is 11.1. The van der Waals surface area contributed by atoms with E-state index in [1.165, 1.54) is 12.7 Å². The van der Waals surface area contributed by atoms with Crippen LogP contribution in [0.25, 0.3) is 10.6 Å². The van der Waals surface area contributed by atoms with Crippen LogP contribution < -0.4 is 16.0 Å². The number of aromatic nitrogens is 1. The maximum Gasteiger partial charge on any atom is 0.319 e. The maximum absolute atomic E-state index is 12.2. The number of nitrogens with one attached hydrogen (secondary N) is 3. The van der Waals surface area contributed by atoms with Crippen molar-refractivity contribution < 1.29 is 19.1 Å². The molecule has 2 aromatic carbocycles. The Labute approximate surface area is 196 Å². The van der Waals surface area contributed by atoms with Crippen molar-refractivity contribution >= 4 is 34.9 Å². The van der Waals surface area contributed by atoms with Gasteiger partial charge in [0.15, 0.2) is 0 Å². The highest BCUT2D eigenvalue weighted by molar-refractivity contribution is 7.13. The molecule has 0 saturated heterocycles. The standard InChI is InChI=1S/C24H26N4O4S/c1-16-3-5-18(6-4-16)23-27-20(15-33-23)11-13-26-24(31)28-19-9-7-17(8-10-19)22(30)25-14-12-21(29)32-2/h3-10,15H,11-14H2,1-2H3,(H,25,30)(H2,26,28,31). The number of benzene rings is 2. The van der Waals surface area contributed by atoms with Crippen LogP contribution in [0.5, 0.6) is 0 Å². The molecule has 0 fully saturated rings. The Morgan fingerprint density at radius 3 is 2.39 bits per heavy atom. The molecule has 3 aromatic rings. The molecule has 0 spiro atoms. The van der Waals surface area contributed by atoms with Crippen molar-refractivity contribution in [1.29, 1.82) is 0 Å². The number of thiazole rings is 1. The normalized spacial score (nSPS) is 10.4. The van der Waals surface area contributed by atoms with Gasteiger partial charge >= 0.3 is 12.0 Å². The summed E-state index contributed by atoms with van der Waals surface area (Å²) in [7, 11) is 1.30. The van der Waals surface area contributed by atoms with E-state index in [2.05, 4.69) is 56.9 Å². The fraction of sp³-hybridized carbons (Fsp3) is 0.250. The van der Waals surface area contributed by atoms with Crippen LogP contribution in [0, 0.1) is 6.92 Å². The lowest BCUT2D eigenvalue weighted by Crippen LogP contribution is -2.30. The number of methoxy groups -OCH3 is 1. The minimum atomic E-state index is -0.387. The predicted molar refractivity (Wildman–Crippen MR) is 128 cm³/mol. The van der Waals surface area contributed by atoms with Crippen LogP contribution >= 0.6 is 11.3 Å². The van der Waals surface area contributed by atoms with Gasteiger partial charge in [-0.2, -0.15) is 0 Å². The molecular formula is C24H26N4O4S. The zero-order chi connectivity index (χ0) is 23.6. The number of hydrogen-bond donors (Lipinski definition) is 3. The number of rotatable bonds is 9. The summed E-state index contributed by atoms with van der Waals surface area (Å²) in [6.07, 6.45) is 0.733. The topological polar surface area (TPSA) is 109 Å². The molecule has 172 valence electrons. The molecular weight excluding hydrogens is 440 g/mol. The highest BCUT2D eigenvalue weighted by atomic mass is 32.1. The van der Waals surface area contributed by atoms with E-state index in [0.717, 1.165) is 16.3 Å². The molecule has 0 saturated carbocycles. The Balaban J connectivity index is 1.40. The Bertz CT molecular complexity index is 1090. The number of ether oxygens (including phenoxy) is 1. The molecule has 8 nitrogen and oxygen atoms in total. The molecule has 3 rings (SSSR count). The molecule has 0 unspecified atom stereocenters. The van der Waals surface area contributed by atoms with E-state index >= 15 is 0 Å². The first-order chi connectivity index (χ1) is 15.9. The molecule has 0 atom stereocenters. The summed E-state index contributed by atoms with van der Waals surface area (Å²) in [6.45, 7) is 2.69. The molecule has 9 heteroatoms. The summed E-state index contributed by atoms with van der Waals surface area (Å²) < 4.78 is 4.53. The SMILES string of the molecule is COC(=O)CCNC(=O)c1ccc(NC(=O)NCCc2csc(-c3ccc(C)cc3)n2)cc1. The fourth-order valence-electron chi connectivity index (χ4n) is 2.92. The van der Waals surface area contributed by atoms with Crippen LogP contribution in [0.1, 0.15) is 28.0 Å². The zero-order valence-corrected chi connectivity index (χ0v) is 19.3. The minimum Gasteiger partial charge on any atom is -0.469 e.